The second-order valence-corrected chi connectivity index (χ2v) is 6.19. The number of aromatic nitrogens is 1. The largest absolute Gasteiger partial charge is 0.326 e. The van der Waals surface area contributed by atoms with Crippen molar-refractivity contribution in [3.63, 3.8) is 0 Å². The number of carbonyl (C=O) groups is 1. The van der Waals surface area contributed by atoms with Gasteiger partial charge in [-0.15, -0.1) is 0 Å². The molecule has 1 aromatic carbocycles. The van der Waals surface area contributed by atoms with E-state index in [9.17, 15) is 14.9 Å². The predicted molar refractivity (Wildman–Crippen MR) is 94.4 cm³/mol. The Labute approximate surface area is 145 Å². The third-order valence-electron chi connectivity index (χ3n) is 4.37. The van der Waals surface area contributed by atoms with Crippen LogP contribution in [-0.4, -0.2) is 41.1 Å². The van der Waals surface area contributed by atoms with E-state index in [2.05, 4.69) is 11.4 Å². The molecular formula is C18H19N5O2. The molecule has 3 rings (SSSR count). The van der Waals surface area contributed by atoms with Gasteiger partial charge in [-0.3, -0.25) is 19.1 Å². The number of likely N-dealkylation sites (N-methyl/N-ethyl adjacent to an activating group) is 1. The molecule has 2 aromatic rings. The standard InChI is InChI=1S/C18H19N5O2/c1-22-11-13(20)9-16(22)18(25)21-15-6-5-14(8-12(15)10-19)23-7-3-2-4-17(23)24/h2-8,13,16H,9,11,20H2,1H3,(H,21,25)/t13-,16?/m0/s1. The number of nitrogens with zero attached hydrogens (tertiary/aromatic N) is 3. The number of anilines is 1. The van der Waals surface area contributed by atoms with E-state index in [-0.39, 0.29) is 23.6 Å². The Morgan fingerprint density at radius 3 is 2.80 bits per heavy atom. The third-order valence-corrected chi connectivity index (χ3v) is 4.37. The highest BCUT2D eigenvalue weighted by molar-refractivity contribution is 5.96. The van der Waals surface area contributed by atoms with Crippen LogP contribution in [0.2, 0.25) is 0 Å². The second-order valence-electron chi connectivity index (χ2n) is 6.19. The molecule has 7 heteroatoms. The van der Waals surface area contributed by atoms with Crippen molar-refractivity contribution < 1.29 is 4.79 Å². The first-order chi connectivity index (χ1) is 12.0. The molecule has 0 spiro atoms. The third kappa shape index (κ3) is 3.45. The van der Waals surface area contributed by atoms with Gasteiger partial charge in [0.15, 0.2) is 0 Å². The summed E-state index contributed by atoms with van der Waals surface area (Å²) >= 11 is 0. The molecule has 1 aliphatic heterocycles. The van der Waals surface area contributed by atoms with Crippen LogP contribution in [0.1, 0.15) is 12.0 Å². The highest BCUT2D eigenvalue weighted by Crippen LogP contribution is 2.21. The van der Waals surface area contributed by atoms with Gasteiger partial charge in [-0.05, 0) is 37.7 Å². The van der Waals surface area contributed by atoms with Crippen molar-refractivity contribution in [3.05, 3.63) is 58.5 Å². The maximum Gasteiger partial charge on any atom is 0.255 e. The number of nitrogens with two attached hydrogens (primary N) is 1. The highest BCUT2D eigenvalue weighted by atomic mass is 16.2. The fourth-order valence-corrected chi connectivity index (χ4v) is 3.09. The minimum absolute atomic E-state index is 0.0245. The van der Waals surface area contributed by atoms with Gasteiger partial charge in [0.1, 0.15) is 6.07 Å². The minimum atomic E-state index is -0.307. The molecule has 2 atom stereocenters. The summed E-state index contributed by atoms with van der Waals surface area (Å²) in [4.78, 5) is 26.3. The summed E-state index contributed by atoms with van der Waals surface area (Å²) in [6.07, 6.45) is 2.22. The van der Waals surface area contributed by atoms with Gasteiger partial charge in [0.2, 0.25) is 5.91 Å². The molecule has 1 unspecified atom stereocenters. The summed E-state index contributed by atoms with van der Waals surface area (Å²) in [5.41, 5.74) is 7.00. The summed E-state index contributed by atoms with van der Waals surface area (Å²) in [5.74, 6) is -0.184. The Kier molecular flexibility index (Phi) is 4.65. The summed E-state index contributed by atoms with van der Waals surface area (Å²) in [6, 6.07) is 11.5. The average molecular weight is 337 g/mol. The molecule has 128 valence electrons. The number of nitrogens with one attached hydrogen (secondary N) is 1. The van der Waals surface area contributed by atoms with Crippen LogP contribution in [0.25, 0.3) is 5.69 Å². The number of hydrogen-bond acceptors (Lipinski definition) is 5. The maximum absolute atomic E-state index is 12.5. The van der Waals surface area contributed by atoms with E-state index in [0.29, 0.717) is 29.9 Å². The molecule has 0 bridgehead atoms. The molecule has 0 radical (unpaired) electrons. The number of benzene rings is 1. The monoisotopic (exact) mass is 337 g/mol. The SMILES string of the molecule is CN1C[C@@H](N)CC1C(=O)Nc1ccc(-n2ccccc2=O)cc1C#N. The van der Waals surface area contributed by atoms with E-state index in [1.165, 1.54) is 10.6 Å². The molecule has 1 amide bonds. The van der Waals surface area contributed by atoms with E-state index >= 15 is 0 Å². The molecule has 1 fully saturated rings. The number of amides is 1. The van der Waals surface area contributed by atoms with Gasteiger partial charge in [0.25, 0.3) is 5.56 Å². The molecule has 0 saturated carbocycles. The zero-order chi connectivity index (χ0) is 18.0. The average Bonchev–Trinajstić information content (AvgIpc) is 2.94. The number of rotatable bonds is 3. The number of likely N-dealkylation sites (tertiary alicyclic amines) is 1. The molecule has 7 nitrogen and oxygen atoms in total. The van der Waals surface area contributed by atoms with Gasteiger partial charge in [-0.25, -0.2) is 0 Å². The Morgan fingerprint density at radius 1 is 1.36 bits per heavy atom. The van der Waals surface area contributed by atoms with Crippen LogP contribution < -0.4 is 16.6 Å². The lowest BCUT2D eigenvalue weighted by molar-refractivity contribution is -0.119. The van der Waals surface area contributed by atoms with Crippen LogP contribution in [0, 0.1) is 11.3 Å². The van der Waals surface area contributed by atoms with Crippen molar-refractivity contribution in [2.75, 3.05) is 18.9 Å². The lowest BCUT2D eigenvalue weighted by Crippen LogP contribution is -2.37. The van der Waals surface area contributed by atoms with Crippen LogP contribution in [-0.2, 0) is 4.79 Å². The maximum atomic E-state index is 12.5. The lowest BCUT2D eigenvalue weighted by atomic mass is 10.1. The number of carbonyl (C=O) groups excluding carboxylic acids is 1. The molecule has 25 heavy (non-hydrogen) atoms. The summed E-state index contributed by atoms with van der Waals surface area (Å²) < 4.78 is 1.44. The van der Waals surface area contributed by atoms with Crippen LogP contribution in [0.15, 0.2) is 47.4 Å². The smallest absolute Gasteiger partial charge is 0.255 e. The van der Waals surface area contributed by atoms with E-state index < -0.39 is 0 Å². The first-order valence-electron chi connectivity index (χ1n) is 7.98. The summed E-state index contributed by atoms with van der Waals surface area (Å²) in [5, 5.41) is 12.2. The van der Waals surface area contributed by atoms with Crippen molar-refractivity contribution in [2.45, 2.75) is 18.5 Å². The van der Waals surface area contributed by atoms with E-state index in [1.807, 2.05) is 11.9 Å². The first kappa shape index (κ1) is 16.9. The molecule has 2 heterocycles. The number of pyridine rings is 1. The van der Waals surface area contributed by atoms with Gasteiger partial charge in [0, 0.05) is 24.8 Å². The first-order valence-corrected chi connectivity index (χ1v) is 7.98. The van der Waals surface area contributed by atoms with E-state index in [4.69, 9.17) is 5.73 Å². The Bertz CT molecular complexity index is 899. The van der Waals surface area contributed by atoms with Crippen molar-refractivity contribution >= 4 is 11.6 Å². The summed E-state index contributed by atoms with van der Waals surface area (Å²) in [7, 11) is 1.85. The van der Waals surface area contributed by atoms with Crippen molar-refractivity contribution in [3.8, 4) is 11.8 Å². The van der Waals surface area contributed by atoms with Gasteiger partial charge in [-0.2, -0.15) is 5.26 Å². The Balaban J connectivity index is 1.86. The molecule has 1 aliphatic rings. The summed E-state index contributed by atoms with van der Waals surface area (Å²) in [6.45, 7) is 0.666. The molecule has 0 aliphatic carbocycles. The van der Waals surface area contributed by atoms with Crippen LogP contribution >= 0.6 is 0 Å². The minimum Gasteiger partial charge on any atom is -0.326 e. The van der Waals surface area contributed by atoms with Crippen molar-refractivity contribution in [1.29, 1.82) is 5.26 Å². The van der Waals surface area contributed by atoms with E-state index in [0.717, 1.165) is 0 Å². The van der Waals surface area contributed by atoms with Crippen LogP contribution in [0.5, 0.6) is 0 Å². The Morgan fingerprint density at radius 2 is 2.16 bits per heavy atom. The van der Waals surface area contributed by atoms with Gasteiger partial charge in [-0.1, -0.05) is 6.07 Å². The van der Waals surface area contributed by atoms with Crippen molar-refractivity contribution in [1.82, 2.24) is 9.47 Å². The van der Waals surface area contributed by atoms with Gasteiger partial charge in [0.05, 0.1) is 23.0 Å². The lowest BCUT2D eigenvalue weighted by Gasteiger charge is -2.19. The highest BCUT2D eigenvalue weighted by Gasteiger charge is 2.32. The molecule has 1 aromatic heterocycles. The molecule has 1 saturated heterocycles. The number of nitriles is 1. The molecular weight excluding hydrogens is 318 g/mol. The fraction of sp³-hybridized carbons (Fsp3) is 0.278. The van der Waals surface area contributed by atoms with Gasteiger partial charge >= 0.3 is 0 Å². The zero-order valence-corrected chi connectivity index (χ0v) is 13.8. The van der Waals surface area contributed by atoms with Crippen molar-refractivity contribution in [2.24, 2.45) is 5.73 Å². The van der Waals surface area contributed by atoms with Crippen LogP contribution in [0.4, 0.5) is 5.69 Å². The zero-order valence-electron chi connectivity index (χ0n) is 13.8. The quantitative estimate of drug-likeness (QED) is 0.857. The second kappa shape index (κ2) is 6.89. The van der Waals surface area contributed by atoms with E-state index in [1.54, 1.807) is 36.5 Å². The normalized spacial score (nSPS) is 20.2. The predicted octanol–water partition coefficient (Wildman–Crippen LogP) is 0.679. The topological polar surface area (TPSA) is 104 Å². The fourth-order valence-electron chi connectivity index (χ4n) is 3.09. The Hall–Kier alpha value is -2.95. The number of hydrogen-bond donors (Lipinski definition) is 2. The van der Waals surface area contributed by atoms with Crippen LogP contribution in [0.3, 0.4) is 0 Å². The van der Waals surface area contributed by atoms with Gasteiger partial charge < -0.3 is 11.1 Å². The molecule has 3 N–H and O–H groups in total.